The van der Waals surface area contributed by atoms with Gasteiger partial charge in [0.25, 0.3) is 0 Å². The molecular weight excluding hydrogens is 266 g/mol. The van der Waals surface area contributed by atoms with Crippen molar-refractivity contribution < 1.29 is 14.6 Å². The molecule has 1 aromatic carbocycles. The number of nitrogens with zero attached hydrogens (tertiary/aromatic N) is 1. The van der Waals surface area contributed by atoms with Crippen molar-refractivity contribution in [1.82, 2.24) is 0 Å². The van der Waals surface area contributed by atoms with E-state index >= 15 is 0 Å². The second kappa shape index (κ2) is 5.42. The van der Waals surface area contributed by atoms with E-state index in [1.807, 2.05) is 19.1 Å². The van der Waals surface area contributed by atoms with Gasteiger partial charge in [0.1, 0.15) is 0 Å². The van der Waals surface area contributed by atoms with Gasteiger partial charge in [-0.25, -0.2) is 0 Å². The van der Waals surface area contributed by atoms with E-state index in [1.165, 1.54) is 0 Å². The first-order chi connectivity index (χ1) is 10.1. The quantitative estimate of drug-likeness (QED) is 0.907. The Kier molecular flexibility index (Phi) is 3.75. The first-order valence-electron chi connectivity index (χ1n) is 7.50. The van der Waals surface area contributed by atoms with E-state index in [4.69, 9.17) is 14.7 Å². The van der Waals surface area contributed by atoms with Crippen LogP contribution in [0.4, 0.5) is 0 Å². The summed E-state index contributed by atoms with van der Waals surface area (Å²) in [6.07, 6.45) is 2.53. The lowest BCUT2D eigenvalue weighted by Gasteiger charge is -2.43. The first-order valence-corrected chi connectivity index (χ1v) is 7.50. The molecule has 2 heterocycles. The third-order valence-corrected chi connectivity index (χ3v) is 4.93. The van der Waals surface area contributed by atoms with Crippen LogP contribution in [0.5, 0.6) is 0 Å². The second-order valence-corrected chi connectivity index (χ2v) is 6.36. The summed E-state index contributed by atoms with van der Waals surface area (Å²) in [5.41, 5.74) is 0.215. The van der Waals surface area contributed by atoms with Gasteiger partial charge in [0.15, 0.2) is 0 Å². The van der Waals surface area contributed by atoms with Crippen LogP contribution in [0.25, 0.3) is 0 Å². The lowest BCUT2D eigenvalue weighted by molar-refractivity contribution is -0.140. The van der Waals surface area contributed by atoms with Crippen LogP contribution in [0.3, 0.4) is 0 Å². The second-order valence-electron chi connectivity index (χ2n) is 6.36. The summed E-state index contributed by atoms with van der Waals surface area (Å²) in [5.74, 6) is 0.113. The molecule has 0 amide bonds. The summed E-state index contributed by atoms with van der Waals surface area (Å²) in [6.45, 7) is 3.86. The van der Waals surface area contributed by atoms with Crippen LogP contribution in [0, 0.1) is 17.2 Å². The molecule has 1 aromatic rings. The molecule has 2 saturated heterocycles. The van der Waals surface area contributed by atoms with Crippen molar-refractivity contribution in [3.63, 3.8) is 0 Å². The third kappa shape index (κ3) is 2.69. The molecule has 4 nitrogen and oxygen atoms in total. The summed E-state index contributed by atoms with van der Waals surface area (Å²) in [4.78, 5) is 0. The molecule has 4 heteroatoms. The smallest absolute Gasteiger partial charge is 0.0991 e. The molecular formula is C17H21NO3. The Hall–Kier alpha value is -1.41. The zero-order chi connectivity index (χ0) is 14.9. The summed E-state index contributed by atoms with van der Waals surface area (Å²) in [6, 6.07) is 9.41. The highest BCUT2D eigenvalue weighted by Crippen LogP contribution is 2.43. The van der Waals surface area contributed by atoms with Crippen LogP contribution in [-0.2, 0) is 15.1 Å². The SMILES string of the molecule is CC(O)(c1cccc(C#N)c1)C1CCOC2(CCOC2)C1. The Morgan fingerprint density at radius 3 is 3.00 bits per heavy atom. The topological polar surface area (TPSA) is 62.5 Å². The van der Waals surface area contributed by atoms with E-state index in [0.29, 0.717) is 18.8 Å². The predicted octanol–water partition coefficient (Wildman–Crippen LogP) is 2.35. The normalized spacial score (nSPS) is 31.8. The number of ether oxygens (including phenoxy) is 2. The molecule has 0 aliphatic carbocycles. The van der Waals surface area contributed by atoms with Crippen LogP contribution in [0.15, 0.2) is 24.3 Å². The maximum atomic E-state index is 11.1. The molecule has 1 N–H and O–H groups in total. The molecule has 0 radical (unpaired) electrons. The molecule has 21 heavy (non-hydrogen) atoms. The van der Waals surface area contributed by atoms with Crippen LogP contribution in [0.1, 0.15) is 37.3 Å². The number of aliphatic hydroxyl groups is 1. The van der Waals surface area contributed by atoms with E-state index in [9.17, 15) is 5.11 Å². The van der Waals surface area contributed by atoms with Gasteiger partial charge in [-0.1, -0.05) is 12.1 Å². The highest BCUT2D eigenvalue weighted by atomic mass is 16.6. The first kappa shape index (κ1) is 14.5. The molecule has 0 bridgehead atoms. The Morgan fingerprint density at radius 1 is 1.43 bits per heavy atom. The fourth-order valence-electron chi connectivity index (χ4n) is 3.51. The standard InChI is InChI=1S/C17H21NO3/c1-16(19,14-4-2-3-13(9-14)11-18)15-5-7-21-17(10-15)6-8-20-12-17/h2-4,9,15,19H,5-8,10,12H2,1H3. The highest BCUT2D eigenvalue weighted by molar-refractivity contribution is 5.35. The van der Waals surface area contributed by atoms with Crippen molar-refractivity contribution in [2.75, 3.05) is 19.8 Å². The zero-order valence-corrected chi connectivity index (χ0v) is 12.3. The molecule has 0 saturated carbocycles. The maximum absolute atomic E-state index is 11.1. The minimum atomic E-state index is -0.952. The van der Waals surface area contributed by atoms with Gasteiger partial charge in [0.2, 0.25) is 0 Å². The fraction of sp³-hybridized carbons (Fsp3) is 0.588. The summed E-state index contributed by atoms with van der Waals surface area (Å²) in [5, 5.41) is 20.1. The molecule has 112 valence electrons. The van der Waals surface area contributed by atoms with Gasteiger partial charge in [-0.2, -0.15) is 5.26 Å². The van der Waals surface area contributed by atoms with E-state index in [0.717, 1.165) is 31.4 Å². The van der Waals surface area contributed by atoms with Crippen molar-refractivity contribution >= 4 is 0 Å². The average molecular weight is 287 g/mol. The van der Waals surface area contributed by atoms with Crippen LogP contribution in [0.2, 0.25) is 0 Å². The minimum absolute atomic E-state index is 0.113. The number of nitriles is 1. The van der Waals surface area contributed by atoms with Gasteiger partial charge in [-0.05, 0) is 43.4 Å². The number of rotatable bonds is 2. The van der Waals surface area contributed by atoms with Gasteiger partial charge < -0.3 is 14.6 Å². The molecule has 0 aromatic heterocycles. The Bertz CT molecular complexity index is 555. The Labute approximate surface area is 125 Å². The average Bonchev–Trinajstić information content (AvgIpc) is 2.95. The van der Waals surface area contributed by atoms with Crippen LogP contribution < -0.4 is 0 Å². The van der Waals surface area contributed by atoms with Crippen molar-refractivity contribution in [2.45, 2.75) is 37.4 Å². The monoisotopic (exact) mass is 287 g/mol. The number of hydrogen-bond acceptors (Lipinski definition) is 4. The van der Waals surface area contributed by atoms with Gasteiger partial charge in [-0.3, -0.25) is 0 Å². The Balaban J connectivity index is 1.85. The summed E-state index contributed by atoms with van der Waals surface area (Å²) in [7, 11) is 0. The van der Waals surface area contributed by atoms with Crippen molar-refractivity contribution in [1.29, 1.82) is 5.26 Å². The lowest BCUT2D eigenvalue weighted by Crippen LogP contribution is -2.46. The molecule has 2 aliphatic heterocycles. The van der Waals surface area contributed by atoms with Crippen LogP contribution >= 0.6 is 0 Å². The molecule has 1 spiro atoms. The summed E-state index contributed by atoms with van der Waals surface area (Å²) >= 11 is 0. The van der Waals surface area contributed by atoms with E-state index in [2.05, 4.69) is 6.07 Å². The van der Waals surface area contributed by atoms with Gasteiger partial charge in [0.05, 0.1) is 29.4 Å². The van der Waals surface area contributed by atoms with E-state index in [1.54, 1.807) is 12.1 Å². The van der Waals surface area contributed by atoms with Crippen LogP contribution in [-0.4, -0.2) is 30.5 Å². The van der Waals surface area contributed by atoms with Gasteiger partial charge >= 0.3 is 0 Å². The fourth-order valence-corrected chi connectivity index (χ4v) is 3.51. The van der Waals surface area contributed by atoms with Crippen molar-refractivity contribution in [3.05, 3.63) is 35.4 Å². The Morgan fingerprint density at radius 2 is 2.29 bits per heavy atom. The third-order valence-electron chi connectivity index (χ3n) is 4.93. The van der Waals surface area contributed by atoms with E-state index in [-0.39, 0.29) is 11.5 Å². The zero-order valence-electron chi connectivity index (χ0n) is 12.3. The van der Waals surface area contributed by atoms with E-state index < -0.39 is 5.60 Å². The van der Waals surface area contributed by atoms with Crippen molar-refractivity contribution in [3.8, 4) is 6.07 Å². The van der Waals surface area contributed by atoms with Gasteiger partial charge in [-0.15, -0.1) is 0 Å². The largest absolute Gasteiger partial charge is 0.385 e. The number of hydrogen-bond donors (Lipinski definition) is 1. The molecule has 2 aliphatic rings. The molecule has 3 rings (SSSR count). The predicted molar refractivity (Wildman–Crippen MR) is 77.6 cm³/mol. The highest BCUT2D eigenvalue weighted by Gasteiger charge is 2.46. The molecule has 2 fully saturated rings. The molecule has 3 atom stereocenters. The molecule has 3 unspecified atom stereocenters. The number of benzene rings is 1. The van der Waals surface area contributed by atoms with Gasteiger partial charge in [0, 0.05) is 19.6 Å². The lowest BCUT2D eigenvalue weighted by atomic mass is 9.73. The minimum Gasteiger partial charge on any atom is -0.385 e. The summed E-state index contributed by atoms with van der Waals surface area (Å²) < 4.78 is 11.4. The maximum Gasteiger partial charge on any atom is 0.0991 e. The van der Waals surface area contributed by atoms with Crippen molar-refractivity contribution in [2.24, 2.45) is 5.92 Å².